The van der Waals surface area contributed by atoms with Crippen LogP contribution in [0.2, 0.25) is 0 Å². The third-order valence-electron chi connectivity index (χ3n) is 2.85. The highest BCUT2D eigenvalue weighted by Gasteiger charge is 2.18. The number of rotatable bonds is 5. The molecule has 2 rings (SSSR count). The molecule has 2 aromatic rings. The number of hydrogen-bond donors (Lipinski definition) is 2. The lowest BCUT2D eigenvalue weighted by molar-refractivity contribution is 0.271. The van der Waals surface area contributed by atoms with Crippen LogP contribution in [-0.2, 0) is 23.2 Å². The standard InChI is InChI=1S/C13H15IN2O3S/c1-2-16-8-13(7-12(16)9-17)20(18,19)15-11-5-3-4-10(14)6-11/h3-8,15,17H,2,9H2,1H3. The second kappa shape index (κ2) is 6.15. The number of aromatic nitrogens is 1. The smallest absolute Gasteiger partial charge is 0.263 e. The molecule has 0 saturated carbocycles. The molecule has 0 bridgehead atoms. The summed E-state index contributed by atoms with van der Waals surface area (Å²) >= 11 is 2.12. The number of aliphatic hydroxyl groups excluding tert-OH is 1. The molecular weight excluding hydrogens is 391 g/mol. The molecule has 0 aliphatic heterocycles. The Hall–Kier alpha value is -1.06. The molecule has 0 fully saturated rings. The van der Waals surface area contributed by atoms with Crippen molar-refractivity contribution in [2.45, 2.75) is 25.0 Å². The van der Waals surface area contributed by atoms with Crippen molar-refractivity contribution in [3.63, 3.8) is 0 Å². The molecule has 1 aromatic carbocycles. The molecule has 20 heavy (non-hydrogen) atoms. The largest absolute Gasteiger partial charge is 0.390 e. The zero-order chi connectivity index (χ0) is 14.8. The van der Waals surface area contributed by atoms with E-state index in [9.17, 15) is 13.5 Å². The molecule has 0 spiro atoms. The normalized spacial score (nSPS) is 11.6. The minimum absolute atomic E-state index is 0.155. The number of hydrogen-bond acceptors (Lipinski definition) is 3. The lowest BCUT2D eigenvalue weighted by Gasteiger charge is -2.06. The minimum atomic E-state index is -3.64. The molecule has 7 heteroatoms. The molecule has 0 aliphatic carbocycles. The van der Waals surface area contributed by atoms with Crippen LogP contribution >= 0.6 is 22.6 Å². The van der Waals surface area contributed by atoms with Crippen LogP contribution in [-0.4, -0.2) is 18.1 Å². The van der Waals surface area contributed by atoms with Gasteiger partial charge in [0.1, 0.15) is 4.90 Å². The first-order valence-corrected chi connectivity index (χ1v) is 8.60. The van der Waals surface area contributed by atoms with E-state index >= 15 is 0 Å². The van der Waals surface area contributed by atoms with Gasteiger partial charge in [-0.05, 0) is 53.8 Å². The van der Waals surface area contributed by atoms with Gasteiger partial charge in [-0.1, -0.05) is 6.07 Å². The Kier molecular flexibility index (Phi) is 4.71. The van der Waals surface area contributed by atoms with Gasteiger partial charge in [-0.2, -0.15) is 0 Å². The summed E-state index contributed by atoms with van der Waals surface area (Å²) < 4.78 is 29.8. The van der Waals surface area contributed by atoms with Crippen LogP contribution in [0.15, 0.2) is 41.4 Å². The maximum atomic E-state index is 12.3. The number of sulfonamides is 1. The quantitative estimate of drug-likeness (QED) is 0.750. The molecule has 1 aromatic heterocycles. The van der Waals surface area contributed by atoms with Crippen LogP contribution in [0.3, 0.4) is 0 Å². The zero-order valence-electron chi connectivity index (χ0n) is 10.9. The highest BCUT2D eigenvalue weighted by atomic mass is 127. The third kappa shape index (κ3) is 3.33. The van der Waals surface area contributed by atoms with E-state index in [1.807, 2.05) is 13.0 Å². The SMILES string of the molecule is CCn1cc(S(=O)(=O)Nc2cccc(I)c2)cc1CO. The molecule has 0 radical (unpaired) electrons. The summed E-state index contributed by atoms with van der Waals surface area (Å²) in [6, 6.07) is 8.61. The van der Waals surface area contributed by atoms with Crippen molar-refractivity contribution in [1.82, 2.24) is 4.57 Å². The van der Waals surface area contributed by atoms with Crippen molar-refractivity contribution < 1.29 is 13.5 Å². The van der Waals surface area contributed by atoms with Gasteiger partial charge < -0.3 is 9.67 Å². The molecule has 0 aliphatic rings. The summed E-state index contributed by atoms with van der Waals surface area (Å²) in [5.74, 6) is 0. The third-order valence-corrected chi connectivity index (χ3v) is 4.87. The van der Waals surface area contributed by atoms with E-state index in [0.717, 1.165) is 3.57 Å². The molecule has 0 saturated heterocycles. The number of nitrogens with one attached hydrogen (secondary N) is 1. The van der Waals surface area contributed by atoms with Crippen LogP contribution in [0.4, 0.5) is 5.69 Å². The topological polar surface area (TPSA) is 71.3 Å². The first-order valence-electron chi connectivity index (χ1n) is 6.04. The van der Waals surface area contributed by atoms with Crippen molar-refractivity contribution in [3.8, 4) is 0 Å². The summed E-state index contributed by atoms with van der Waals surface area (Å²) in [7, 11) is -3.64. The maximum absolute atomic E-state index is 12.3. The van der Waals surface area contributed by atoms with E-state index in [1.165, 1.54) is 12.3 Å². The Morgan fingerprint density at radius 2 is 2.10 bits per heavy atom. The number of benzene rings is 1. The van der Waals surface area contributed by atoms with Crippen molar-refractivity contribution in [2.75, 3.05) is 4.72 Å². The molecule has 0 amide bonds. The van der Waals surface area contributed by atoms with Crippen LogP contribution in [0.5, 0.6) is 0 Å². The fourth-order valence-electron chi connectivity index (χ4n) is 1.86. The van der Waals surface area contributed by atoms with E-state index in [2.05, 4.69) is 27.3 Å². The Morgan fingerprint density at radius 3 is 2.65 bits per heavy atom. The van der Waals surface area contributed by atoms with Gasteiger partial charge in [0.2, 0.25) is 0 Å². The predicted octanol–water partition coefficient (Wildman–Crippen LogP) is 2.41. The fourth-order valence-corrected chi connectivity index (χ4v) is 3.52. The molecule has 1 heterocycles. The average Bonchev–Trinajstić information content (AvgIpc) is 2.82. The van der Waals surface area contributed by atoms with Gasteiger partial charge >= 0.3 is 0 Å². The number of nitrogens with zero attached hydrogens (tertiary/aromatic N) is 1. The second-order valence-electron chi connectivity index (χ2n) is 4.23. The first-order chi connectivity index (χ1) is 9.46. The number of aliphatic hydroxyl groups is 1. The monoisotopic (exact) mass is 406 g/mol. The summed E-state index contributed by atoms with van der Waals surface area (Å²) in [5.41, 5.74) is 1.10. The van der Waals surface area contributed by atoms with E-state index in [4.69, 9.17) is 0 Å². The second-order valence-corrected chi connectivity index (χ2v) is 7.16. The average molecular weight is 406 g/mol. The highest BCUT2D eigenvalue weighted by Crippen LogP contribution is 2.20. The highest BCUT2D eigenvalue weighted by molar-refractivity contribution is 14.1. The molecule has 5 nitrogen and oxygen atoms in total. The van der Waals surface area contributed by atoms with Crippen LogP contribution in [0.25, 0.3) is 0 Å². The van der Waals surface area contributed by atoms with Crippen LogP contribution in [0, 0.1) is 3.57 Å². The van der Waals surface area contributed by atoms with Gasteiger partial charge in [0.05, 0.1) is 6.61 Å². The molecule has 0 atom stereocenters. The van der Waals surface area contributed by atoms with E-state index < -0.39 is 10.0 Å². The van der Waals surface area contributed by atoms with Crippen molar-refractivity contribution in [2.24, 2.45) is 0 Å². The summed E-state index contributed by atoms with van der Waals surface area (Å²) in [4.78, 5) is 0.155. The Bertz CT molecular complexity index is 689. The van der Waals surface area contributed by atoms with E-state index in [-0.39, 0.29) is 11.5 Å². The van der Waals surface area contributed by atoms with Gasteiger partial charge in [-0.3, -0.25) is 4.72 Å². The van der Waals surface area contributed by atoms with Gasteiger partial charge in [0.25, 0.3) is 10.0 Å². The van der Waals surface area contributed by atoms with Crippen LogP contribution < -0.4 is 4.72 Å². The minimum Gasteiger partial charge on any atom is -0.390 e. The van der Waals surface area contributed by atoms with E-state index in [0.29, 0.717) is 17.9 Å². The Balaban J connectivity index is 2.33. The summed E-state index contributed by atoms with van der Waals surface area (Å²) in [5, 5.41) is 9.22. The van der Waals surface area contributed by atoms with Crippen molar-refractivity contribution in [1.29, 1.82) is 0 Å². The maximum Gasteiger partial charge on any atom is 0.263 e. The Labute approximate surface area is 131 Å². The zero-order valence-corrected chi connectivity index (χ0v) is 13.8. The Morgan fingerprint density at radius 1 is 1.35 bits per heavy atom. The van der Waals surface area contributed by atoms with Crippen LogP contribution in [0.1, 0.15) is 12.6 Å². The number of halogens is 1. The molecule has 2 N–H and O–H groups in total. The summed E-state index contributed by atoms with van der Waals surface area (Å²) in [6.07, 6.45) is 1.53. The van der Waals surface area contributed by atoms with Gasteiger partial charge in [0, 0.05) is 27.7 Å². The fraction of sp³-hybridized carbons (Fsp3) is 0.231. The molecule has 0 unspecified atom stereocenters. The van der Waals surface area contributed by atoms with Crippen molar-refractivity contribution >= 4 is 38.3 Å². The lowest BCUT2D eigenvalue weighted by Crippen LogP contribution is -2.12. The van der Waals surface area contributed by atoms with Gasteiger partial charge in [-0.15, -0.1) is 0 Å². The number of anilines is 1. The van der Waals surface area contributed by atoms with Crippen molar-refractivity contribution in [3.05, 3.63) is 45.8 Å². The first kappa shape index (κ1) is 15.3. The predicted molar refractivity (Wildman–Crippen MR) is 86.0 cm³/mol. The van der Waals surface area contributed by atoms with Gasteiger partial charge in [0.15, 0.2) is 0 Å². The summed E-state index contributed by atoms with van der Waals surface area (Å²) in [6.45, 7) is 2.31. The molecule has 108 valence electrons. The lowest BCUT2D eigenvalue weighted by atomic mass is 10.3. The van der Waals surface area contributed by atoms with E-state index in [1.54, 1.807) is 22.8 Å². The molecular formula is C13H15IN2O3S. The number of aryl methyl sites for hydroxylation is 1. The van der Waals surface area contributed by atoms with Gasteiger partial charge in [-0.25, -0.2) is 8.42 Å².